The number of halogens is 1. The van der Waals surface area contributed by atoms with E-state index in [0.29, 0.717) is 6.54 Å². The molecule has 0 fully saturated rings. The fraction of sp³-hybridized carbons (Fsp3) is 0.538. The smallest absolute Gasteiger partial charge is 0.304 e. The molecule has 1 aromatic carbocycles. The van der Waals surface area contributed by atoms with Gasteiger partial charge >= 0.3 is 5.69 Å². The minimum atomic E-state index is -0.774. The highest BCUT2D eigenvalue weighted by atomic mass is 32.2. The van der Waals surface area contributed by atoms with Crippen LogP contribution in [-0.4, -0.2) is 23.5 Å². The highest BCUT2D eigenvalue weighted by molar-refractivity contribution is 7.98. The highest BCUT2D eigenvalue weighted by Crippen LogP contribution is 2.17. The largest absolute Gasteiger partial charge is 0.313 e. The summed E-state index contributed by atoms with van der Waals surface area (Å²) in [5.41, 5.74) is 0.257. The summed E-state index contributed by atoms with van der Waals surface area (Å²) in [7, 11) is 0. The lowest BCUT2D eigenvalue weighted by Gasteiger charge is -2.05. The first-order valence-corrected chi connectivity index (χ1v) is 7.67. The molecule has 0 bridgehead atoms. The Balaban J connectivity index is 2.26. The SMILES string of the molecule is CSCCCCCNCc1ccc([N+](=O)[O-])c(F)c1. The van der Waals surface area contributed by atoms with Crippen molar-refractivity contribution in [2.45, 2.75) is 25.8 Å². The summed E-state index contributed by atoms with van der Waals surface area (Å²) in [6, 6.07) is 4.02. The van der Waals surface area contributed by atoms with Crippen molar-refractivity contribution >= 4 is 17.4 Å². The van der Waals surface area contributed by atoms with Gasteiger partial charge in [-0.05, 0) is 43.0 Å². The molecule has 1 N–H and O–H groups in total. The lowest BCUT2D eigenvalue weighted by Crippen LogP contribution is -2.14. The molecule has 0 spiro atoms. The Labute approximate surface area is 116 Å². The Bertz CT molecular complexity index is 416. The van der Waals surface area contributed by atoms with Gasteiger partial charge < -0.3 is 5.32 Å². The van der Waals surface area contributed by atoms with Crippen LogP contribution in [0.1, 0.15) is 24.8 Å². The maximum absolute atomic E-state index is 13.3. The molecule has 0 aliphatic rings. The van der Waals surface area contributed by atoms with Crippen LogP contribution in [0.5, 0.6) is 0 Å². The molecule has 1 rings (SSSR count). The molecule has 0 aliphatic heterocycles. The van der Waals surface area contributed by atoms with Crippen molar-refractivity contribution in [3.8, 4) is 0 Å². The zero-order chi connectivity index (χ0) is 14.1. The number of hydrogen-bond donors (Lipinski definition) is 1. The molecule has 0 heterocycles. The number of rotatable bonds is 9. The van der Waals surface area contributed by atoms with Crippen LogP contribution in [0.25, 0.3) is 0 Å². The van der Waals surface area contributed by atoms with Crippen LogP contribution in [0.3, 0.4) is 0 Å². The third-order valence-corrected chi connectivity index (χ3v) is 3.44. The van der Waals surface area contributed by atoms with Gasteiger partial charge in [0.15, 0.2) is 0 Å². The first kappa shape index (κ1) is 15.9. The monoisotopic (exact) mass is 286 g/mol. The fourth-order valence-corrected chi connectivity index (χ4v) is 2.21. The zero-order valence-corrected chi connectivity index (χ0v) is 11.8. The van der Waals surface area contributed by atoms with Crippen molar-refractivity contribution in [1.29, 1.82) is 0 Å². The Morgan fingerprint density at radius 2 is 2.16 bits per heavy atom. The average Bonchev–Trinajstić information content (AvgIpc) is 2.37. The van der Waals surface area contributed by atoms with Crippen LogP contribution in [0.4, 0.5) is 10.1 Å². The molecule has 0 aliphatic carbocycles. The first-order valence-electron chi connectivity index (χ1n) is 6.27. The van der Waals surface area contributed by atoms with Crippen molar-refractivity contribution < 1.29 is 9.31 Å². The molecular weight excluding hydrogens is 267 g/mol. The summed E-state index contributed by atoms with van der Waals surface area (Å²) in [6.45, 7) is 1.42. The van der Waals surface area contributed by atoms with Crippen LogP contribution < -0.4 is 5.32 Å². The van der Waals surface area contributed by atoms with Gasteiger partial charge in [-0.1, -0.05) is 12.5 Å². The summed E-state index contributed by atoms with van der Waals surface area (Å²) < 4.78 is 13.3. The fourth-order valence-electron chi connectivity index (χ4n) is 1.71. The Hall–Kier alpha value is -1.14. The van der Waals surface area contributed by atoms with E-state index in [9.17, 15) is 14.5 Å². The molecule has 0 atom stereocenters. The third kappa shape index (κ3) is 6.02. The number of hydrogen-bond acceptors (Lipinski definition) is 4. The molecule has 0 radical (unpaired) electrons. The number of nitro groups is 1. The summed E-state index contributed by atoms with van der Waals surface area (Å²) in [5.74, 6) is 0.414. The summed E-state index contributed by atoms with van der Waals surface area (Å²) in [6.07, 6.45) is 5.59. The number of benzene rings is 1. The minimum absolute atomic E-state index is 0.471. The van der Waals surface area contributed by atoms with E-state index in [1.165, 1.54) is 30.7 Å². The van der Waals surface area contributed by atoms with Gasteiger partial charge in [-0.2, -0.15) is 16.2 Å². The van der Waals surface area contributed by atoms with Gasteiger partial charge in [0.2, 0.25) is 5.82 Å². The normalized spacial score (nSPS) is 10.6. The van der Waals surface area contributed by atoms with Crippen molar-refractivity contribution in [2.75, 3.05) is 18.6 Å². The molecule has 1 aromatic rings. The van der Waals surface area contributed by atoms with E-state index in [1.807, 2.05) is 11.8 Å². The zero-order valence-electron chi connectivity index (χ0n) is 11.0. The van der Waals surface area contributed by atoms with Crippen LogP contribution in [0.15, 0.2) is 18.2 Å². The van der Waals surface area contributed by atoms with E-state index in [2.05, 4.69) is 11.6 Å². The van der Waals surface area contributed by atoms with E-state index < -0.39 is 16.4 Å². The lowest BCUT2D eigenvalue weighted by atomic mass is 10.2. The van der Waals surface area contributed by atoms with Gasteiger partial charge in [0.1, 0.15) is 0 Å². The van der Waals surface area contributed by atoms with E-state index in [-0.39, 0.29) is 0 Å². The Kier molecular flexibility index (Phi) is 7.43. The van der Waals surface area contributed by atoms with Gasteiger partial charge in [-0.3, -0.25) is 10.1 Å². The van der Waals surface area contributed by atoms with Gasteiger partial charge in [0, 0.05) is 12.6 Å². The second-order valence-electron chi connectivity index (χ2n) is 4.27. The molecule has 6 heteroatoms. The van der Waals surface area contributed by atoms with Crippen molar-refractivity contribution in [2.24, 2.45) is 0 Å². The lowest BCUT2D eigenvalue weighted by molar-refractivity contribution is -0.387. The Morgan fingerprint density at radius 1 is 1.37 bits per heavy atom. The van der Waals surface area contributed by atoms with Gasteiger partial charge in [0.25, 0.3) is 0 Å². The number of nitro benzene ring substituents is 1. The molecule has 0 aromatic heterocycles. The van der Waals surface area contributed by atoms with Gasteiger partial charge in [0.05, 0.1) is 4.92 Å². The molecule has 0 unspecified atom stereocenters. The van der Waals surface area contributed by atoms with Crippen LogP contribution in [0.2, 0.25) is 0 Å². The quantitative estimate of drug-likeness (QED) is 0.429. The van der Waals surface area contributed by atoms with Crippen LogP contribution in [0, 0.1) is 15.9 Å². The molecule has 0 saturated heterocycles. The first-order chi connectivity index (χ1) is 9.15. The van der Waals surface area contributed by atoms with Crippen LogP contribution in [-0.2, 0) is 6.54 Å². The van der Waals surface area contributed by atoms with Crippen molar-refractivity contribution in [3.63, 3.8) is 0 Å². The van der Waals surface area contributed by atoms with E-state index in [1.54, 1.807) is 6.07 Å². The predicted octanol–water partition coefficient (Wildman–Crippen LogP) is 3.36. The minimum Gasteiger partial charge on any atom is -0.313 e. The third-order valence-electron chi connectivity index (χ3n) is 2.74. The standard InChI is InChI=1S/C13H19FN2O2S/c1-19-8-4-2-3-7-15-10-11-5-6-13(16(17)18)12(14)9-11/h5-6,9,15H,2-4,7-8,10H2,1H3. The maximum atomic E-state index is 13.3. The van der Waals surface area contributed by atoms with E-state index in [0.717, 1.165) is 18.5 Å². The van der Waals surface area contributed by atoms with E-state index >= 15 is 0 Å². The molecule has 0 saturated carbocycles. The van der Waals surface area contributed by atoms with E-state index in [4.69, 9.17) is 0 Å². The number of nitrogens with one attached hydrogen (secondary N) is 1. The molecule has 106 valence electrons. The Morgan fingerprint density at radius 3 is 2.79 bits per heavy atom. The number of nitrogens with zero attached hydrogens (tertiary/aromatic N) is 1. The average molecular weight is 286 g/mol. The molecule has 4 nitrogen and oxygen atoms in total. The predicted molar refractivity (Wildman–Crippen MR) is 77.0 cm³/mol. The van der Waals surface area contributed by atoms with Gasteiger partial charge in [-0.15, -0.1) is 0 Å². The molecule has 0 amide bonds. The van der Waals surface area contributed by atoms with Crippen LogP contribution >= 0.6 is 11.8 Å². The topological polar surface area (TPSA) is 55.2 Å². The number of thioether (sulfide) groups is 1. The number of unbranched alkanes of at least 4 members (excludes halogenated alkanes) is 2. The second kappa shape index (κ2) is 8.87. The maximum Gasteiger partial charge on any atom is 0.304 e. The van der Waals surface area contributed by atoms with Crippen molar-refractivity contribution in [1.82, 2.24) is 5.32 Å². The highest BCUT2D eigenvalue weighted by Gasteiger charge is 2.13. The second-order valence-corrected chi connectivity index (χ2v) is 5.26. The summed E-state index contributed by atoms with van der Waals surface area (Å²) in [4.78, 5) is 9.76. The molecule has 19 heavy (non-hydrogen) atoms. The summed E-state index contributed by atoms with van der Waals surface area (Å²) >= 11 is 1.85. The van der Waals surface area contributed by atoms with Crippen molar-refractivity contribution in [3.05, 3.63) is 39.7 Å². The molecular formula is C13H19FN2O2S. The summed E-state index contributed by atoms with van der Waals surface area (Å²) in [5, 5.41) is 13.7. The van der Waals surface area contributed by atoms with Gasteiger partial charge in [-0.25, -0.2) is 0 Å².